The molecular formula is C7H11N5O4. The molecule has 9 heteroatoms. The zero-order chi connectivity index (χ0) is 12.1. The van der Waals surface area contributed by atoms with Gasteiger partial charge < -0.3 is 15.5 Å². The van der Waals surface area contributed by atoms with Gasteiger partial charge in [-0.2, -0.15) is 0 Å². The number of aliphatic carboxylic acids is 1. The third-order valence-electron chi connectivity index (χ3n) is 1.84. The van der Waals surface area contributed by atoms with Crippen molar-refractivity contribution in [3.63, 3.8) is 0 Å². The fourth-order valence-corrected chi connectivity index (χ4v) is 0.972. The van der Waals surface area contributed by atoms with Crippen LogP contribution < -0.4 is 5.32 Å². The van der Waals surface area contributed by atoms with Crippen LogP contribution in [0.5, 0.6) is 0 Å². The number of carboxylic acids is 1. The minimum absolute atomic E-state index is 0.146. The van der Waals surface area contributed by atoms with Gasteiger partial charge in [-0.3, -0.25) is 4.79 Å². The maximum absolute atomic E-state index is 11.3. The van der Waals surface area contributed by atoms with Crippen LogP contribution in [0.2, 0.25) is 0 Å². The molecule has 1 aromatic rings. The van der Waals surface area contributed by atoms with Gasteiger partial charge >= 0.3 is 5.97 Å². The van der Waals surface area contributed by atoms with Crippen molar-refractivity contribution < 1.29 is 19.8 Å². The Kier molecular flexibility index (Phi) is 3.89. The van der Waals surface area contributed by atoms with Crippen molar-refractivity contribution in [3.8, 4) is 0 Å². The monoisotopic (exact) mass is 229 g/mol. The van der Waals surface area contributed by atoms with Gasteiger partial charge in [0.1, 0.15) is 6.04 Å². The zero-order valence-electron chi connectivity index (χ0n) is 8.49. The normalized spacial score (nSPS) is 12.1. The van der Waals surface area contributed by atoms with E-state index in [0.29, 0.717) is 5.82 Å². The highest BCUT2D eigenvalue weighted by Crippen LogP contribution is 1.92. The van der Waals surface area contributed by atoms with Gasteiger partial charge in [-0.15, -0.1) is 5.10 Å². The van der Waals surface area contributed by atoms with Gasteiger partial charge in [0, 0.05) is 7.05 Å². The molecule has 0 fully saturated rings. The predicted octanol–water partition coefficient (Wildman–Crippen LogP) is -2.69. The number of aryl methyl sites for hydroxylation is 1. The van der Waals surface area contributed by atoms with Crippen LogP contribution in [0.25, 0.3) is 0 Å². The highest BCUT2D eigenvalue weighted by molar-refractivity contribution is 5.84. The zero-order valence-corrected chi connectivity index (χ0v) is 8.49. The Morgan fingerprint density at radius 1 is 1.56 bits per heavy atom. The van der Waals surface area contributed by atoms with Crippen molar-refractivity contribution in [3.05, 3.63) is 5.82 Å². The first-order chi connectivity index (χ1) is 7.54. The number of tetrazole rings is 1. The summed E-state index contributed by atoms with van der Waals surface area (Å²) in [5.74, 6) is -1.56. The van der Waals surface area contributed by atoms with E-state index in [1.807, 2.05) is 0 Å². The predicted molar refractivity (Wildman–Crippen MR) is 49.2 cm³/mol. The number of nitrogens with zero attached hydrogens (tertiary/aromatic N) is 4. The smallest absolute Gasteiger partial charge is 0.328 e. The number of amides is 1. The number of aromatic nitrogens is 4. The molecule has 1 rings (SSSR count). The number of carboxylic acid groups (broad SMARTS) is 1. The quantitative estimate of drug-likeness (QED) is 0.501. The van der Waals surface area contributed by atoms with E-state index in [0.717, 1.165) is 0 Å². The molecule has 0 aliphatic carbocycles. The van der Waals surface area contributed by atoms with Crippen LogP contribution in [0.15, 0.2) is 0 Å². The van der Waals surface area contributed by atoms with Crippen LogP contribution in [0.1, 0.15) is 5.82 Å². The summed E-state index contributed by atoms with van der Waals surface area (Å²) >= 11 is 0. The van der Waals surface area contributed by atoms with Gasteiger partial charge in [-0.1, -0.05) is 0 Å². The van der Waals surface area contributed by atoms with Crippen LogP contribution in [0.4, 0.5) is 0 Å². The molecule has 0 aliphatic heterocycles. The van der Waals surface area contributed by atoms with Gasteiger partial charge in [0.15, 0.2) is 5.82 Å². The largest absolute Gasteiger partial charge is 0.480 e. The van der Waals surface area contributed by atoms with Gasteiger partial charge in [0.05, 0.1) is 13.0 Å². The summed E-state index contributed by atoms with van der Waals surface area (Å²) in [6.07, 6.45) is -0.146. The minimum Gasteiger partial charge on any atom is -0.480 e. The van der Waals surface area contributed by atoms with Crippen LogP contribution in [-0.4, -0.2) is 54.9 Å². The minimum atomic E-state index is -1.31. The number of carbonyl (C=O) groups excluding carboxylic acids is 1. The molecule has 0 radical (unpaired) electrons. The van der Waals surface area contributed by atoms with Crippen molar-refractivity contribution in [1.29, 1.82) is 0 Å². The molecule has 0 bridgehead atoms. The number of aliphatic hydroxyl groups excluding tert-OH is 1. The topological polar surface area (TPSA) is 130 Å². The van der Waals surface area contributed by atoms with E-state index < -0.39 is 24.5 Å². The summed E-state index contributed by atoms with van der Waals surface area (Å²) in [7, 11) is 1.56. The summed E-state index contributed by atoms with van der Waals surface area (Å²) in [6.45, 7) is -0.669. The number of nitrogens with one attached hydrogen (secondary N) is 1. The molecule has 1 atom stereocenters. The average molecular weight is 229 g/mol. The Hall–Kier alpha value is -2.03. The maximum atomic E-state index is 11.3. The molecule has 0 saturated carbocycles. The Labute approximate surface area is 90.1 Å². The fraction of sp³-hybridized carbons (Fsp3) is 0.571. The van der Waals surface area contributed by atoms with E-state index in [4.69, 9.17) is 10.2 Å². The van der Waals surface area contributed by atoms with Crippen LogP contribution in [-0.2, 0) is 23.1 Å². The first-order valence-corrected chi connectivity index (χ1v) is 4.39. The Balaban J connectivity index is 2.54. The molecule has 1 unspecified atom stereocenters. The van der Waals surface area contributed by atoms with Crippen LogP contribution in [0.3, 0.4) is 0 Å². The average Bonchev–Trinajstić information content (AvgIpc) is 2.60. The van der Waals surface area contributed by atoms with E-state index >= 15 is 0 Å². The Bertz CT molecular complexity index is 390. The lowest BCUT2D eigenvalue weighted by Crippen LogP contribution is -2.44. The summed E-state index contributed by atoms with van der Waals surface area (Å²) in [5.41, 5.74) is 0. The van der Waals surface area contributed by atoms with Gasteiger partial charge in [0.25, 0.3) is 0 Å². The fourth-order valence-electron chi connectivity index (χ4n) is 0.972. The van der Waals surface area contributed by atoms with Gasteiger partial charge in [-0.05, 0) is 10.4 Å². The standard InChI is InChI=1S/C7H11N5O4/c1-12-5(9-10-11-12)2-6(14)8-4(3-13)7(15)16/h4,13H,2-3H2,1H3,(H,8,14)(H,15,16). The van der Waals surface area contributed by atoms with Gasteiger partial charge in [0.2, 0.25) is 5.91 Å². The second-order valence-electron chi connectivity index (χ2n) is 3.04. The van der Waals surface area contributed by atoms with E-state index in [-0.39, 0.29) is 6.42 Å². The molecule has 1 amide bonds. The van der Waals surface area contributed by atoms with Crippen molar-refractivity contribution in [2.24, 2.45) is 7.05 Å². The SMILES string of the molecule is Cn1nnnc1CC(=O)NC(CO)C(=O)O. The third kappa shape index (κ3) is 2.98. The number of hydrogen-bond acceptors (Lipinski definition) is 6. The van der Waals surface area contributed by atoms with Crippen molar-refractivity contribution in [2.75, 3.05) is 6.61 Å². The first-order valence-electron chi connectivity index (χ1n) is 4.39. The Morgan fingerprint density at radius 3 is 2.69 bits per heavy atom. The molecule has 0 aromatic carbocycles. The van der Waals surface area contributed by atoms with E-state index in [2.05, 4.69) is 20.8 Å². The number of hydrogen-bond donors (Lipinski definition) is 3. The lowest BCUT2D eigenvalue weighted by Gasteiger charge is -2.10. The number of aliphatic hydroxyl groups is 1. The van der Waals surface area contributed by atoms with E-state index in [1.54, 1.807) is 7.05 Å². The van der Waals surface area contributed by atoms with Crippen molar-refractivity contribution in [1.82, 2.24) is 25.5 Å². The molecule has 0 aliphatic rings. The van der Waals surface area contributed by atoms with Crippen LogP contribution >= 0.6 is 0 Å². The van der Waals surface area contributed by atoms with Crippen LogP contribution in [0, 0.1) is 0 Å². The van der Waals surface area contributed by atoms with Gasteiger partial charge in [-0.25, -0.2) is 9.48 Å². The lowest BCUT2D eigenvalue weighted by atomic mass is 10.3. The summed E-state index contributed by atoms with van der Waals surface area (Å²) < 4.78 is 1.30. The molecule has 0 saturated heterocycles. The number of rotatable bonds is 5. The van der Waals surface area contributed by atoms with E-state index in [9.17, 15) is 9.59 Å². The molecule has 1 heterocycles. The molecular weight excluding hydrogens is 218 g/mol. The molecule has 9 nitrogen and oxygen atoms in total. The highest BCUT2D eigenvalue weighted by atomic mass is 16.4. The molecule has 1 aromatic heterocycles. The first kappa shape index (κ1) is 12.0. The highest BCUT2D eigenvalue weighted by Gasteiger charge is 2.19. The summed E-state index contributed by atoms with van der Waals surface area (Å²) in [5, 5.41) is 29.8. The molecule has 3 N–H and O–H groups in total. The van der Waals surface area contributed by atoms with Crippen molar-refractivity contribution in [2.45, 2.75) is 12.5 Å². The summed E-state index contributed by atoms with van der Waals surface area (Å²) in [4.78, 5) is 21.9. The second kappa shape index (κ2) is 5.16. The number of carbonyl (C=O) groups is 2. The Morgan fingerprint density at radius 2 is 2.25 bits per heavy atom. The second-order valence-corrected chi connectivity index (χ2v) is 3.04. The molecule has 0 spiro atoms. The molecule has 16 heavy (non-hydrogen) atoms. The molecule has 88 valence electrons. The summed E-state index contributed by atoms with van der Waals surface area (Å²) in [6, 6.07) is -1.31. The maximum Gasteiger partial charge on any atom is 0.328 e. The van der Waals surface area contributed by atoms with Crippen molar-refractivity contribution >= 4 is 11.9 Å². The lowest BCUT2D eigenvalue weighted by molar-refractivity contribution is -0.142. The van der Waals surface area contributed by atoms with E-state index in [1.165, 1.54) is 4.68 Å². The third-order valence-corrected chi connectivity index (χ3v) is 1.84.